The minimum absolute atomic E-state index is 0.158. The van der Waals surface area contributed by atoms with Crippen molar-refractivity contribution in [3.8, 4) is 0 Å². The van der Waals surface area contributed by atoms with Gasteiger partial charge in [0.1, 0.15) is 5.82 Å². The molecule has 0 spiro atoms. The van der Waals surface area contributed by atoms with Gasteiger partial charge in [-0.2, -0.15) is 0 Å². The van der Waals surface area contributed by atoms with Gasteiger partial charge in [-0.3, -0.25) is 0 Å². The normalized spacial score (nSPS) is 27.5. The average Bonchev–Trinajstić information content (AvgIpc) is 2.92. The molecule has 1 aromatic carbocycles. The van der Waals surface area contributed by atoms with Gasteiger partial charge < -0.3 is 10.0 Å². The maximum Gasteiger partial charge on any atom is 0.126 e. The highest BCUT2D eigenvalue weighted by atomic mass is 19.1. The minimum atomic E-state index is -0.484. The quantitative estimate of drug-likeness (QED) is 0.906. The lowest BCUT2D eigenvalue weighted by atomic mass is 9.79. The van der Waals surface area contributed by atoms with Gasteiger partial charge in [0.15, 0.2) is 0 Å². The smallest absolute Gasteiger partial charge is 0.126 e. The standard InChI is InChI=1S/C16H22FNO/c17-15-5-3-4-14-13(15)7-6-12(16(14)19)8-11-18-9-1-2-10-18/h3-5,12,16,19H,1-2,6-11H2. The zero-order chi connectivity index (χ0) is 13.2. The van der Waals surface area contributed by atoms with Crippen LogP contribution in [0, 0.1) is 11.7 Å². The number of halogens is 1. The Labute approximate surface area is 114 Å². The molecule has 1 fully saturated rings. The van der Waals surface area contributed by atoms with Crippen LogP contribution < -0.4 is 0 Å². The van der Waals surface area contributed by atoms with Gasteiger partial charge in [0.2, 0.25) is 0 Å². The highest BCUT2D eigenvalue weighted by Gasteiger charge is 2.29. The molecule has 0 aromatic heterocycles. The second kappa shape index (κ2) is 5.59. The predicted molar refractivity (Wildman–Crippen MR) is 73.5 cm³/mol. The van der Waals surface area contributed by atoms with E-state index in [2.05, 4.69) is 4.90 Å². The monoisotopic (exact) mass is 263 g/mol. The van der Waals surface area contributed by atoms with Crippen molar-refractivity contribution in [3.63, 3.8) is 0 Å². The van der Waals surface area contributed by atoms with Crippen molar-refractivity contribution in [3.05, 3.63) is 35.1 Å². The summed E-state index contributed by atoms with van der Waals surface area (Å²) in [5.41, 5.74) is 1.55. The molecule has 0 saturated carbocycles. The van der Waals surface area contributed by atoms with Gasteiger partial charge in [-0.1, -0.05) is 12.1 Å². The molecule has 3 rings (SSSR count). The molecule has 0 bridgehead atoms. The molecule has 1 N–H and O–H groups in total. The van der Waals surface area contributed by atoms with E-state index in [9.17, 15) is 9.50 Å². The largest absolute Gasteiger partial charge is 0.388 e. The molecular formula is C16H22FNO. The molecule has 1 aliphatic carbocycles. The number of hydrogen-bond donors (Lipinski definition) is 1. The summed E-state index contributed by atoms with van der Waals surface area (Å²) in [6.07, 6.45) is 4.83. The van der Waals surface area contributed by atoms with Gasteiger partial charge in [0.05, 0.1) is 6.10 Å². The number of aliphatic hydroxyl groups is 1. The first-order valence-electron chi connectivity index (χ1n) is 7.43. The van der Waals surface area contributed by atoms with Gasteiger partial charge in [0.25, 0.3) is 0 Å². The van der Waals surface area contributed by atoms with E-state index in [-0.39, 0.29) is 11.7 Å². The lowest BCUT2D eigenvalue weighted by Crippen LogP contribution is -2.27. The van der Waals surface area contributed by atoms with Crippen LogP contribution in [0.15, 0.2) is 18.2 Å². The SMILES string of the molecule is OC1c2cccc(F)c2CCC1CCN1CCCC1. The zero-order valence-corrected chi connectivity index (χ0v) is 11.3. The van der Waals surface area contributed by atoms with E-state index in [0.717, 1.165) is 36.9 Å². The fraction of sp³-hybridized carbons (Fsp3) is 0.625. The maximum atomic E-state index is 13.7. The zero-order valence-electron chi connectivity index (χ0n) is 11.3. The molecular weight excluding hydrogens is 241 g/mol. The van der Waals surface area contributed by atoms with Crippen LogP contribution in [0.2, 0.25) is 0 Å². The Hall–Kier alpha value is -0.930. The lowest BCUT2D eigenvalue weighted by molar-refractivity contribution is 0.0812. The Kier molecular flexibility index (Phi) is 3.85. The molecule has 19 heavy (non-hydrogen) atoms. The van der Waals surface area contributed by atoms with Crippen molar-refractivity contribution in [1.82, 2.24) is 4.90 Å². The van der Waals surface area contributed by atoms with Crippen molar-refractivity contribution in [2.24, 2.45) is 5.92 Å². The average molecular weight is 263 g/mol. The fourth-order valence-electron chi connectivity index (χ4n) is 3.51. The van der Waals surface area contributed by atoms with Crippen LogP contribution in [0.25, 0.3) is 0 Å². The first-order chi connectivity index (χ1) is 9.25. The van der Waals surface area contributed by atoms with Gasteiger partial charge in [-0.25, -0.2) is 4.39 Å². The number of rotatable bonds is 3. The van der Waals surface area contributed by atoms with Crippen molar-refractivity contribution in [1.29, 1.82) is 0 Å². The molecule has 2 unspecified atom stereocenters. The van der Waals surface area contributed by atoms with E-state index in [1.54, 1.807) is 6.07 Å². The second-order valence-corrected chi connectivity index (χ2v) is 5.89. The molecule has 0 amide bonds. The maximum absolute atomic E-state index is 13.7. The summed E-state index contributed by atoms with van der Waals surface area (Å²) in [4.78, 5) is 2.48. The first-order valence-corrected chi connectivity index (χ1v) is 7.43. The van der Waals surface area contributed by atoms with Gasteiger partial charge in [-0.05, 0) is 74.8 Å². The van der Waals surface area contributed by atoms with E-state index in [1.807, 2.05) is 6.07 Å². The van der Waals surface area contributed by atoms with Crippen LogP contribution in [-0.2, 0) is 6.42 Å². The molecule has 2 aliphatic rings. The summed E-state index contributed by atoms with van der Waals surface area (Å²) < 4.78 is 13.7. The van der Waals surface area contributed by atoms with Crippen LogP contribution in [-0.4, -0.2) is 29.6 Å². The third-order valence-electron chi connectivity index (χ3n) is 4.70. The first kappa shape index (κ1) is 13.1. The third kappa shape index (κ3) is 2.67. The van der Waals surface area contributed by atoms with Crippen molar-refractivity contribution in [2.75, 3.05) is 19.6 Å². The number of aliphatic hydroxyl groups excluding tert-OH is 1. The summed E-state index contributed by atoms with van der Waals surface area (Å²) in [6.45, 7) is 3.48. The second-order valence-electron chi connectivity index (χ2n) is 5.89. The molecule has 1 saturated heterocycles. The molecule has 1 aliphatic heterocycles. The lowest BCUT2D eigenvalue weighted by Gasteiger charge is -2.31. The van der Waals surface area contributed by atoms with E-state index in [1.165, 1.54) is 32.0 Å². The van der Waals surface area contributed by atoms with Gasteiger partial charge >= 0.3 is 0 Å². The topological polar surface area (TPSA) is 23.5 Å². The number of likely N-dealkylation sites (tertiary alicyclic amines) is 1. The number of fused-ring (bicyclic) bond motifs is 1. The number of nitrogens with zero attached hydrogens (tertiary/aromatic N) is 1. The van der Waals surface area contributed by atoms with Crippen LogP contribution in [0.5, 0.6) is 0 Å². The van der Waals surface area contributed by atoms with E-state index in [0.29, 0.717) is 0 Å². The molecule has 1 heterocycles. The molecule has 3 heteroatoms. The highest BCUT2D eigenvalue weighted by Crippen LogP contribution is 2.37. The molecule has 2 atom stereocenters. The third-order valence-corrected chi connectivity index (χ3v) is 4.70. The van der Waals surface area contributed by atoms with E-state index >= 15 is 0 Å². The van der Waals surface area contributed by atoms with Crippen molar-refractivity contribution < 1.29 is 9.50 Å². The van der Waals surface area contributed by atoms with Crippen LogP contribution in [0.4, 0.5) is 4.39 Å². The Morgan fingerprint density at radius 1 is 1.26 bits per heavy atom. The number of hydrogen-bond acceptors (Lipinski definition) is 2. The molecule has 0 radical (unpaired) electrons. The fourth-order valence-corrected chi connectivity index (χ4v) is 3.51. The molecule has 1 aromatic rings. The summed E-state index contributed by atoms with van der Waals surface area (Å²) in [7, 11) is 0. The Balaban J connectivity index is 1.65. The Morgan fingerprint density at radius 3 is 2.84 bits per heavy atom. The summed E-state index contributed by atoms with van der Waals surface area (Å²) in [5, 5.41) is 10.4. The number of benzene rings is 1. The van der Waals surface area contributed by atoms with E-state index < -0.39 is 6.10 Å². The summed E-state index contributed by atoms with van der Waals surface area (Å²) in [6, 6.07) is 5.08. The van der Waals surface area contributed by atoms with Crippen LogP contribution in [0.1, 0.15) is 42.9 Å². The van der Waals surface area contributed by atoms with Gasteiger partial charge in [0, 0.05) is 0 Å². The minimum Gasteiger partial charge on any atom is -0.388 e. The highest BCUT2D eigenvalue weighted by molar-refractivity contribution is 5.33. The summed E-state index contributed by atoms with van der Waals surface area (Å²) >= 11 is 0. The predicted octanol–water partition coefficient (Wildman–Crippen LogP) is 2.91. The van der Waals surface area contributed by atoms with Gasteiger partial charge in [-0.15, -0.1) is 0 Å². The van der Waals surface area contributed by atoms with Crippen LogP contribution >= 0.6 is 0 Å². The Morgan fingerprint density at radius 2 is 2.05 bits per heavy atom. The van der Waals surface area contributed by atoms with Crippen LogP contribution in [0.3, 0.4) is 0 Å². The van der Waals surface area contributed by atoms with Crippen molar-refractivity contribution >= 4 is 0 Å². The Bertz CT molecular complexity index is 442. The summed E-state index contributed by atoms with van der Waals surface area (Å²) in [5.74, 6) is 0.129. The molecule has 104 valence electrons. The molecule has 2 nitrogen and oxygen atoms in total. The van der Waals surface area contributed by atoms with Crippen molar-refractivity contribution in [2.45, 2.75) is 38.2 Å². The van der Waals surface area contributed by atoms with E-state index in [4.69, 9.17) is 0 Å².